The van der Waals surface area contributed by atoms with Gasteiger partial charge in [0.2, 0.25) is 5.88 Å². The van der Waals surface area contributed by atoms with Crippen LogP contribution in [0.25, 0.3) is 0 Å². The number of H-pyrrole nitrogens is 1. The van der Waals surface area contributed by atoms with E-state index < -0.39 is 0 Å². The fourth-order valence-corrected chi connectivity index (χ4v) is 3.63. The molecule has 1 fully saturated rings. The van der Waals surface area contributed by atoms with E-state index in [1.165, 1.54) is 13.2 Å². The van der Waals surface area contributed by atoms with Crippen LogP contribution in [-0.2, 0) is 9.53 Å². The molecule has 2 heterocycles. The Balaban J connectivity index is 1.99. The number of anilines is 1. The molecule has 24 heavy (non-hydrogen) atoms. The van der Waals surface area contributed by atoms with Gasteiger partial charge in [-0.1, -0.05) is 29.3 Å². The van der Waals surface area contributed by atoms with Crippen LogP contribution in [-0.4, -0.2) is 24.8 Å². The molecule has 8 heteroatoms. The molecule has 0 aliphatic carbocycles. The summed E-state index contributed by atoms with van der Waals surface area (Å²) in [6.07, 6.45) is 1.10. The van der Waals surface area contributed by atoms with Gasteiger partial charge in [-0.25, -0.2) is 0 Å². The summed E-state index contributed by atoms with van der Waals surface area (Å²) in [5.74, 6) is -0.0757. The molecule has 128 valence electrons. The summed E-state index contributed by atoms with van der Waals surface area (Å²) < 4.78 is 10.1. The standard InChI is InChI=1S/C16H16Cl2N2O4/c1-23-16(22)9-4-5-20(15-8-14(21)19-24-15)13(6-9)11-3-2-10(17)7-12(11)18/h2-3,7-9,13H,4-6H2,1H3,(H,19,21). The lowest BCUT2D eigenvalue weighted by atomic mass is 9.87. The van der Waals surface area contributed by atoms with E-state index in [2.05, 4.69) is 5.16 Å². The van der Waals surface area contributed by atoms with E-state index in [0.29, 0.717) is 35.3 Å². The fourth-order valence-electron chi connectivity index (χ4n) is 3.09. The van der Waals surface area contributed by atoms with E-state index in [1.54, 1.807) is 12.1 Å². The summed E-state index contributed by atoms with van der Waals surface area (Å²) in [5, 5.41) is 3.32. The number of carbonyl (C=O) groups excluding carboxylic acids is 1. The Kier molecular flexibility index (Phi) is 4.87. The molecule has 0 radical (unpaired) electrons. The van der Waals surface area contributed by atoms with Crippen LogP contribution in [0.3, 0.4) is 0 Å². The zero-order chi connectivity index (χ0) is 17.3. The van der Waals surface area contributed by atoms with Crippen molar-refractivity contribution < 1.29 is 14.1 Å². The van der Waals surface area contributed by atoms with E-state index >= 15 is 0 Å². The third kappa shape index (κ3) is 3.30. The van der Waals surface area contributed by atoms with Crippen LogP contribution in [0.15, 0.2) is 33.6 Å². The molecule has 0 amide bonds. The number of methoxy groups -OCH3 is 1. The largest absolute Gasteiger partial charge is 0.469 e. The minimum atomic E-state index is -0.318. The Hall–Kier alpha value is -1.92. The van der Waals surface area contributed by atoms with Crippen molar-refractivity contribution in [3.8, 4) is 0 Å². The number of hydrogen-bond donors (Lipinski definition) is 1. The molecule has 1 aliphatic rings. The second-order valence-corrected chi connectivity index (χ2v) is 6.51. The van der Waals surface area contributed by atoms with Crippen LogP contribution in [0.4, 0.5) is 5.88 Å². The van der Waals surface area contributed by atoms with E-state index in [-0.39, 0.29) is 23.5 Å². The molecule has 0 bridgehead atoms. The normalized spacial score (nSPS) is 20.9. The van der Waals surface area contributed by atoms with Crippen molar-refractivity contribution >= 4 is 35.1 Å². The number of nitrogens with zero attached hydrogens (tertiary/aromatic N) is 1. The lowest BCUT2D eigenvalue weighted by molar-refractivity contribution is -0.146. The maximum atomic E-state index is 12.0. The number of nitrogens with one attached hydrogen (secondary N) is 1. The topological polar surface area (TPSA) is 75.5 Å². The van der Waals surface area contributed by atoms with E-state index in [4.69, 9.17) is 32.5 Å². The van der Waals surface area contributed by atoms with Gasteiger partial charge >= 0.3 is 5.97 Å². The number of benzene rings is 1. The average molecular weight is 371 g/mol. The van der Waals surface area contributed by atoms with Gasteiger partial charge in [0.25, 0.3) is 5.56 Å². The summed E-state index contributed by atoms with van der Waals surface area (Å²) in [6, 6.07) is 6.38. The van der Waals surface area contributed by atoms with Crippen molar-refractivity contribution in [1.29, 1.82) is 0 Å². The predicted octanol–water partition coefficient (Wildman–Crippen LogP) is 3.41. The highest BCUT2D eigenvalue weighted by molar-refractivity contribution is 6.35. The molecule has 0 spiro atoms. The van der Waals surface area contributed by atoms with E-state index in [0.717, 1.165) is 5.56 Å². The molecule has 1 aromatic heterocycles. The quantitative estimate of drug-likeness (QED) is 0.837. The van der Waals surface area contributed by atoms with Crippen LogP contribution < -0.4 is 10.5 Å². The number of esters is 1. The first-order valence-corrected chi connectivity index (χ1v) is 8.23. The predicted molar refractivity (Wildman–Crippen MR) is 90.6 cm³/mol. The molecule has 1 saturated heterocycles. The van der Waals surface area contributed by atoms with Crippen LogP contribution in [0.2, 0.25) is 10.0 Å². The number of carbonyl (C=O) groups is 1. The van der Waals surface area contributed by atoms with Gasteiger partial charge in [-0.15, -0.1) is 0 Å². The van der Waals surface area contributed by atoms with Crippen molar-refractivity contribution in [3.63, 3.8) is 0 Å². The SMILES string of the molecule is COC(=O)C1CCN(c2cc(=O)[nH]o2)C(c2ccc(Cl)cc2Cl)C1. The van der Waals surface area contributed by atoms with Gasteiger partial charge in [0.05, 0.1) is 25.1 Å². The van der Waals surface area contributed by atoms with Gasteiger partial charge in [0.1, 0.15) is 0 Å². The number of halogens is 2. The summed E-state index contributed by atoms with van der Waals surface area (Å²) in [5.41, 5.74) is 0.500. The van der Waals surface area contributed by atoms with Crippen LogP contribution >= 0.6 is 23.2 Å². The molecule has 1 aromatic carbocycles. The summed E-state index contributed by atoms with van der Waals surface area (Å²) >= 11 is 12.3. The Morgan fingerprint density at radius 1 is 1.38 bits per heavy atom. The molecule has 0 saturated carbocycles. The van der Waals surface area contributed by atoms with Gasteiger partial charge in [-0.05, 0) is 30.5 Å². The smallest absolute Gasteiger partial charge is 0.308 e. The Morgan fingerprint density at radius 2 is 2.17 bits per heavy atom. The minimum Gasteiger partial charge on any atom is -0.469 e. The number of rotatable bonds is 3. The van der Waals surface area contributed by atoms with Gasteiger partial charge in [0, 0.05) is 16.6 Å². The van der Waals surface area contributed by atoms with Gasteiger partial charge in [-0.3, -0.25) is 9.59 Å². The highest BCUT2D eigenvalue weighted by Gasteiger charge is 2.36. The number of aromatic nitrogens is 1. The molecule has 3 rings (SSSR count). The Bertz CT molecular complexity index is 801. The molecule has 2 aromatic rings. The number of hydrogen-bond acceptors (Lipinski definition) is 5. The second-order valence-electron chi connectivity index (χ2n) is 5.67. The summed E-state index contributed by atoms with van der Waals surface area (Å²) in [7, 11) is 1.38. The van der Waals surface area contributed by atoms with E-state index in [9.17, 15) is 9.59 Å². The van der Waals surface area contributed by atoms with Crippen molar-refractivity contribution in [2.24, 2.45) is 5.92 Å². The summed E-state index contributed by atoms with van der Waals surface area (Å²) in [6.45, 7) is 0.532. The maximum absolute atomic E-state index is 12.0. The molecule has 6 nitrogen and oxygen atoms in total. The molecular formula is C16H16Cl2N2O4. The van der Waals surface area contributed by atoms with Crippen LogP contribution in [0.5, 0.6) is 0 Å². The second kappa shape index (κ2) is 6.91. The Morgan fingerprint density at radius 3 is 2.79 bits per heavy atom. The first-order valence-electron chi connectivity index (χ1n) is 7.47. The fraction of sp³-hybridized carbons (Fsp3) is 0.375. The average Bonchev–Trinajstić information content (AvgIpc) is 3.00. The van der Waals surface area contributed by atoms with Crippen LogP contribution in [0, 0.1) is 5.92 Å². The number of aromatic amines is 1. The number of piperidine rings is 1. The minimum absolute atomic E-state index is 0.230. The first kappa shape index (κ1) is 16.9. The van der Waals surface area contributed by atoms with Gasteiger partial charge < -0.3 is 14.2 Å². The van der Waals surface area contributed by atoms with Gasteiger partial charge in [0.15, 0.2) is 0 Å². The van der Waals surface area contributed by atoms with Crippen molar-refractivity contribution in [2.75, 3.05) is 18.6 Å². The van der Waals surface area contributed by atoms with Crippen LogP contribution in [0.1, 0.15) is 24.4 Å². The zero-order valence-corrected chi connectivity index (χ0v) is 14.4. The van der Waals surface area contributed by atoms with Crippen molar-refractivity contribution in [3.05, 3.63) is 50.2 Å². The first-order chi connectivity index (χ1) is 11.5. The molecular weight excluding hydrogens is 355 g/mol. The molecule has 1 N–H and O–H groups in total. The highest BCUT2D eigenvalue weighted by atomic mass is 35.5. The third-order valence-electron chi connectivity index (χ3n) is 4.25. The van der Waals surface area contributed by atoms with Crippen molar-refractivity contribution in [1.82, 2.24) is 5.16 Å². The third-order valence-corrected chi connectivity index (χ3v) is 4.81. The van der Waals surface area contributed by atoms with Gasteiger partial charge in [-0.2, -0.15) is 5.16 Å². The molecule has 2 atom stereocenters. The monoisotopic (exact) mass is 370 g/mol. The zero-order valence-electron chi connectivity index (χ0n) is 12.9. The van der Waals surface area contributed by atoms with E-state index in [1.807, 2.05) is 11.0 Å². The molecule has 2 unspecified atom stereocenters. The lowest BCUT2D eigenvalue weighted by Crippen LogP contribution is -2.39. The Labute approximate surface area is 148 Å². The summed E-state index contributed by atoms with van der Waals surface area (Å²) in [4.78, 5) is 25.3. The molecule has 1 aliphatic heterocycles. The lowest BCUT2D eigenvalue weighted by Gasteiger charge is -2.38. The van der Waals surface area contributed by atoms with Crippen molar-refractivity contribution in [2.45, 2.75) is 18.9 Å². The highest BCUT2D eigenvalue weighted by Crippen LogP contribution is 2.40. The maximum Gasteiger partial charge on any atom is 0.308 e. The number of ether oxygens (including phenoxy) is 1.